The van der Waals surface area contributed by atoms with Crippen LogP contribution in [0.2, 0.25) is 5.02 Å². The number of likely N-dealkylation sites (N-methyl/N-ethyl adjacent to an activating group) is 5. The van der Waals surface area contributed by atoms with Gasteiger partial charge < -0.3 is 83.7 Å². The fourth-order valence-corrected chi connectivity index (χ4v) is 20.2. The summed E-state index contributed by atoms with van der Waals surface area (Å²) in [5.74, 6) is 6.97. The van der Waals surface area contributed by atoms with Crippen LogP contribution in [0, 0.1) is 32.1 Å². The summed E-state index contributed by atoms with van der Waals surface area (Å²) in [7, 11) is 21.0. The molecule has 5 fully saturated rings. The average Bonchev–Trinajstić information content (AvgIpc) is 1.63. The summed E-state index contributed by atoms with van der Waals surface area (Å²) in [5, 5.41) is 36.7. The second-order valence-electron chi connectivity index (χ2n) is 38.6. The number of fused-ring (bicyclic) bond motifs is 7. The Morgan fingerprint density at radius 1 is 0.315 bits per heavy atom. The van der Waals surface area contributed by atoms with Crippen LogP contribution in [-0.2, 0) is 45.9 Å². The number of rotatable bonds is 22. The number of aromatic nitrogens is 15. The van der Waals surface area contributed by atoms with Gasteiger partial charge in [-0.2, -0.15) is 5.26 Å². The number of hydrogen-bond acceptors (Lipinski definition) is 31. The molecule has 5 aliphatic heterocycles. The van der Waals surface area contributed by atoms with Gasteiger partial charge in [0.15, 0.2) is 11.6 Å². The molecule has 0 radical (unpaired) electrons. The zero-order chi connectivity index (χ0) is 102. The molecule has 0 bridgehead atoms. The van der Waals surface area contributed by atoms with Crippen molar-refractivity contribution >= 4 is 135 Å². The van der Waals surface area contributed by atoms with Crippen molar-refractivity contribution in [1.82, 2.24) is 98.1 Å². The van der Waals surface area contributed by atoms with Gasteiger partial charge in [-0.15, -0.1) is 0 Å². The molecule has 2 N–H and O–H groups in total. The number of pyridine rings is 7. The number of aryl methyl sites for hydroxylation is 3. The molecule has 0 spiro atoms. The summed E-state index contributed by atoms with van der Waals surface area (Å²) >= 11 is 6.78. The molecule has 17 heterocycles. The van der Waals surface area contributed by atoms with E-state index >= 15 is 0 Å². The number of aliphatic hydroxyl groups excluding tert-OH is 2. The fourth-order valence-electron chi connectivity index (χ4n) is 20.0. The molecule has 0 amide bonds. The lowest BCUT2D eigenvalue weighted by Crippen LogP contribution is -2.45. The lowest BCUT2D eigenvalue weighted by molar-refractivity contribution is 0.274. The second kappa shape index (κ2) is 46.5. The maximum atomic E-state index is 10.3. The highest BCUT2D eigenvalue weighted by Gasteiger charge is 2.30. The van der Waals surface area contributed by atoms with E-state index < -0.39 is 0 Å². The summed E-state index contributed by atoms with van der Waals surface area (Å²) < 4.78 is 4.35. The number of nitriles is 1. The minimum absolute atomic E-state index is 0.0527. The molecular formula is C112H132ClN31O2. The molecule has 34 heteroatoms. The van der Waals surface area contributed by atoms with Gasteiger partial charge in [0, 0.05) is 236 Å². The molecule has 146 heavy (non-hydrogen) atoms. The monoisotopic (exact) mass is 1980 g/mol. The standard InChI is InChI=1S/C24H28N6O.C23H26N6.C22H25N7.C22H28N6O.C21H25ClN6/c1-27-12-14-29(15-13-27)23-10-4-9-22-26-19(21(17-31)30(22)23)16-28(2)20-8-3-6-18-7-5-11-25-24(18)20;1-26-12-14-28(15-13-26)22-10-4-9-21-25-19(17-29(21)22)16-27(2)20-8-3-6-18-7-5-11-24-23(18)20;1-16-25-19(18(14-23)22(26-16)29-12-10-27(2)11-13-29)15-28(3)20-8-4-6-17-7-5-9-24-21(17)20;1-16-24-19(18(15-29)22(25-16)28-12-10-26(2)11-13-28)14-27(3)20-8-4-6-17-7-5-9-23-21(17)20;1-15-24-17(19(22)21(25-15)28-12-10-26(2)11-13-28)14-27(3)18-8-4-6-16-7-5-9-23-20(16)18/h3-11,31H,12-17H2,1-2H3;3-11,17H,12-16H2,1-2H3;4-9H,10-13,15H2,1-3H3;4-9,29H,10-15H2,1-3H3;4-9H,10-14H2,1-3H3. The van der Waals surface area contributed by atoms with Gasteiger partial charge in [0.05, 0.1) is 136 Å². The molecule has 754 valence electrons. The van der Waals surface area contributed by atoms with Crippen LogP contribution in [0.5, 0.6) is 0 Å². The first-order chi connectivity index (χ1) is 71.0. The first-order valence-corrected chi connectivity index (χ1v) is 50.6. The Kier molecular flexibility index (Phi) is 32.3. The molecule has 0 atom stereocenters. The van der Waals surface area contributed by atoms with Crippen molar-refractivity contribution in [1.29, 1.82) is 5.26 Å². The van der Waals surface area contributed by atoms with E-state index in [-0.39, 0.29) is 13.2 Å². The Balaban J connectivity index is 0.000000120. The van der Waals surface area contributed by atoms with Gasteiger partial charge in [0.1, 0.15) is 62.9 Å². The molecule has 12 aromatic heterocycles. The summed E-state index contributed by atoms with van der Waals surface area (Å²) in [6, 6.07) is 66.2. The lowest BCUT2D eigenvalue weighted by Gasteiger charge is -2.34. The van der Waals surface area contributed by atoms with Crippen LogP contribution in [0.1, 0.15) is 62.8 Å². The van der Waals surface area contributed by atoms with E-state index in [0.29, 0.717) is 42.6 Å². The van der Waals surface area contributed by atoms with Crippen LogP contribution in [0.25, 0.3) is 65.8 Å². The van der Waals surface area contributed by atoms with Crippen LogP contribution in [0.4, 0.5) is 57.5 Å². The highest BCUT2D eigenvalue weighted by molar-refractivity contribution is 6.33. The number of imidazole rings is 2. The van der Waals surface area contributed by atoms with E-state index in [2.05, 4.69) is 338 Å². The van der Waals surface area contributed by atoms with Crippen LogP contribution < -0.4 is 49.0 Å². The largest absolute Gasteiger partial charge is 0.391 e. The first-order valence-electron chi connectivity index (χ1n) is 50.3. The Bertz CT molecular complexity index is 7400. The van der Waals surface area contributed by atoms with Crippen molar-refractivity contribution in [2.75, 3.05) is 250 Å². The lowest BCUT2D eigenvalue weighted by atomic mass is 10.1. The van der Waals surface area contributed by atoms with Crippen LogP contribution >= 0.6 is 11.6 Å². The van der Waals surface area contributed by atoms with Gasteiger partial charge in [0.25, 0.3) is 0 Å². The quantitative estimate of drug-likeness (QED) is 0.0637. The minimum Gasteiger partial charge on any atom is -0.391 e. The maximum Gasteiger partial charge on any atom is 0.151 e. The van der Waals surface area contributed by atoms with Crippen LogP contribution in [0.3, 0.4) is 0 Å². The van der Waals surface area contributed by atoms with Crippen molar-refractivity contribution in [3.05, 3.63) is 293 Å². The van der Waals surface area contributed by atoms with Crippen molar-refractivity contribution < 1.29 is 10.2 Å². The predicted octanol–water partition coefficient (Wildman–Crippen LogP) is 14.2. The third-order valence-electron chi connectivity index (χ3n) is 28.1. The zero-order valence-electron chi connectivity index (χ0n) is 86.1. The molecule has 5 saturated heterocycles. The van der Waals surface area contributed by atoms with Gasteiger partial charge in [-0.05, 0) is 141 Å². The number of hydrogen-bond donors (Lipinski definition) is 2. The SMILES string of the molecule is CN1CCN(c2cccc3nc(CN(C)c4cccc5cccnc45)c(CO)n23)CC1.CN1CCN(c2cccc3nc(CN(C)c4cccc5cccnc45)cn23)CC1.Cc1nc(CN(C)c2cccc3cccnc23)c(C#N)c(N2CCN(C)CC2)n1.Cc1nc(CN(C)c2cccc3cccnc23)c(CO)c(N2CCN(C)CC2)n1.Cc1nc(CN(C)c2cccc3cccnc23)c(Cl)c(N2CCN(C)CC2)n1. The van der Waals surface area contributed by atoms with Crippen LogP contribution in [-0.4, -0.2) is 310 Å². The number of halogens is 1. The fraction of sp³-hybridized carbons (Fsp3) is 0.357. The predicted molar refractivity (Wildman–Crippen MR) is 590 cm³/mol. The number of anilines is 10. The first kappa shape index (κ1) is 101. The number of nitrogens with zero attached hydrogens (tertiary/aromatic N) is 31. The summed E-state index contributed by atoms with van der Waals surface area (Å²) in [5.41, 5.74) is 18.7. The number of piperazine rings is 5. The maximum absolute atomic E-state index is 10.3. The third kappa shape index (κ3) is 23.3. The average molecular weight is 1980 g/mol. The topological polar surface area (TPSA) is 289 Å². The molecule has 22 rings (SSSR count). The Hall–Kier alpha value is -14.7. The molecule has 17 aromatic rings. The van der Waals surface area contributed by atoms with Gasteiger partial charge in [-0.25, -0.2) is 39.9 Å². The molecule has 33 nitrogen and oxygen atoms in total. The number of aliphatic hydroxyl groups is 2. The minimum atomic E-state index is -0.0705. The second-order valence-corrected chi connectivity index (χ2v) is 39.0. The van der Waals surface area contributed by atoms with E-state index in [0.717, 1.165) is 306 Å². The van der Waals surface area contributed by atoms with Crippen molar-refractivity contribution in [3.63, 3.8) is 0 Å². The zero-order valence-corrected chi connectivity index (χ0v) is 86.8. The van der Waals surface area contributed by atoms with E-state index in [1.807, 2.05) is 115 Å². The van der Waals surface area contributed by atoms with Crippen LogP contribution in [0.15, 0.2) is 225 Å². The molecule has 0 saturated carbocycles. The molecular weight excluding hydrogens is 1850 g/mol. The molecule has 5 aliphatic rings. The summed E-state index contributed by atoms with van der Waals surface area (Å²) in [6.45, 7) is 28.2. The normalized spacial score (nSPS) is 15.1. The van der Waals surface area contributed by atoms with E-state index in [9.17, 15) is 15.5 Å². The van der Waals surface area contributed by atoms with Gasteiger partial charge >= 0.3 is 0 Å². The summed E-state index contributed by atoms with van der Waals surface area (Å²) in [4.78, 5) is 94.6. The Labute approximate surface area is 859 Å². The molecule has 0 aliphatic carbocycles. The van der Waals surface area contributed by atoms with Gasteiger partial charge in [0.2, 0.25) is 0 Å². The Morgan fingerprint density at radius 2 is 0.630 bits per heavy atom. The number of benzene rings is 5. The van der Waals surface area contributed by atoms with Crippen molar-refractivity contribution in [2.45, 2.75) is 66.7 Å². The highest BCUT2D eigenvalue weighted by Crippen LogP contribution is 2.37. The molecule has 5 aromatic carbocycles. The van der Waals surface area contributed by atoms with Crippen molar-refractivity contribution in [3.8, 4) is 6.07 Å². The molecule has 0 unspecified atom stereocenters. The smallest absolute Gasteiger partial charge is 0.151 e. The third-order valence-corrected chi connectivity index (χ3v) is 28.5. The van der Waals surface area contributed by atoms with Gasteiger partial charge in [-0.1, -0.05) is 115 Å². The highest BCUT2D eigenvalue weighted by atomic mass is 35.5. The summed E-state index contributed by atoms with van der Waals surface area (Å²) in [6.07, 6.45) is 11.3. The number of para-hydroxylation sites is 5. The van der Waals surface area contributed by atoms with Gasteiger partial charge in [-0.3, -0.25) is 33.7 Å². The van der Waals surface area contributed by atoms with E-state index in [1.165, 1.54) is 5.82 Å². The Morgan fingerprint density at radius 3 is 1.03 bits per heavy atom. The van der Waals surface area contributed by atoms with E-state index in [1.54, 1.807) is 6.20 Å². The van der Waals surface area contributed by atoms with E-state index in [4.69, 9.17) is 21.6 Å². The van der Waals surface area contributed by atoms with Crippen molar-refractivity contribution in [2.24, 2.45) is 0 Å².